The normalized spacial score (nSPS) is 10.1. The Balaban J connectivity index is 2.40. The van der Waals surface area contributed by atoms with Gasteiger partial charge in [-0.05, 0) is 17.7 Å². The summed E-state index contributed by atoms with van der Waals surface area (Å²) in [5, 5.41) is 0. The van der Waals surface area contributed by atoms with E-state index in [0.29, 0.717) is 0 Å². The molecule has 1 heterocycles. The molecule has 3 nitrogen and oxygen atoms in total. The molecule has 0 unspecified atom stereocenters. The fraction of sp³-hybridized carbons (Fsp3) is 0. The third kappa shape index (κ3) is 1.69. The van der Waals surface area contributed by atoms with Crippen molar-refractivity contribution < 1.29 is 4.39 Å². The molecule has 0 radical (unpaired) electrons. The second-order valence-electron chi connectivity index (χ2n) is 2.84. The smallest absolute Gasteiger partial charge is 0.219 e. The molecule has 2 N–H and O–H groups in total. The van der Waals surface area contributed by atoms with Crippen LogP contribution in [-0.4, -0.2) is 9.97 Å². The van der Waals surface area contributed by atoms with Gasteiger partial charge in [-0.1, -0.05) is 12.1 Å². The molecule has 0 aliphatic carbocycles. The number of hydrogen-bond acceptors (Lipinski definition) is 3. The number of rotatable bonds is 1. The lowest BCUT2D eigenvalue weighted by Gasteiger charge is -1.99. The van der Waals surface area contributed by atoms with Gasteiger partial charge in [-0.25, -0.2) is 14.4 Å². The van der Waals surface area contributed by atoms with Crippen LogP contribution >= 0.6 is 0 Å². The Morgan fingerprint density at radius 2 is 1.50 bits per heavy atom. The van der Waals surface area contributed by atoms with E-state index in [-0.39, 0.29) is 11.8 Å². The van der Waals surface area contributed by atoms with Gasteiger partial charge in [-0.2, -0.15) is 0 Å². The first-order valence-corrected chi connectivity index (χ1v) is 4.09. The van der Waals surface area contributed by atoms with Crippen molar-refractivity contribution in [3.05, 3.63) is 42.5 Å². The summed E-state index contributed by atoms with van der Waals surface area (Å²) in [6.45, 7) is 0. The molecule has 70 valence electrons. The van der Waals surface area contributed by atoms with Gasteiger partial charge in [-0.15, -0.1) is 0 Å². The average molecular weight is 189 g/mol. The van der Waals surface area contributed by atoms with E-state index in [1.807, 2.05) is 0 Å². The van der Waals surface area contributed by atoms with Gasteiger partial charge in [0.25, 0.3) is 0 Å². The highest BCUT2D eigenvalue weighted by Gasteiger charge is 1.98. The second kappa shape index (κ2) is 3.41. The summed E-state index contributed by atoms with van der Waals surface area (Å²) in [7, 11) is 0. The summed E-state index contributed by atoms with van der Waals surface area (Å²) in [6, 6.07) is 6.13. The van der Waals surface area contributed by atoms with Gasteiger partial charge in [0.15, 0.2) is 0 Å². The number of nitrogen functional groups attached to an aromatic ring is 1. The van der Waals surface area contributed by atoms with Crippen molar-refractivity contribution in [2.45, 2.75) is 0 Å². The fourth-order valence-electron chi connectivity index (χ4n) is 1.13. The van der Waals surface area contributed by atoms with E-state index in [0.717, 1.165) is 11.1 Å². The predicted octanol–water partition coefficient (Wildman–Crippen LogP) is 1.86. The Morgan fingerprint density at radius 3 is 2.07 bits per heavy atom. The van der Waals surface area contributed by atoms with Crippen LogP contribution in [0.1, 0.15) is 0 Å². The molecule has 0 fully saturated rings. The second-order valence-corrected chi connectivity index (χ2v) is 2.84. The van der Waals surface area contributed by atoms with Gasteiger partial charge in [0, 0.05) is 18.0 Å². The minimum Gasteiger partial charge on any atom is -0.368 e. The number of nitrogens with zero attached hydrogens (tertiary/aromatic N) is 2. The average Bonchev–Trinajstić information content (AvgIpc) is 2.21. The van der Waals surface area contributed by atoms with Gasteiger partial charge >= 0.3 is 0 Å². The van der Waals surface area contributed by atoms with Crippen molar-refractivity contribution in [1.82, 2.24) is 9.97 Å². The maximum Gasteiger partial charge on any atom is 0.219 e. The van der Waals surface area contributed by atoms with Crippen molar-refractivity contribution in [2.75, 3.05) is 5.73 Å². The van der Waals surface area contributed by atoms with Crippen LogP contribution in [0.15, 0.2) is 36.7 Å². The quantitative estimate of drug-likeness (QED) is 0.744. The molecule has 0 saturated heterocycles. The van der Waals surface area contributed by atoms with Crippen LogP contribution in [0.25, 0.3) is 11.1 Å². The van der Waals surface area contributed by atoms with E-state index < -0.39 is 0 Å². The SMILES string of the molecule is Nc1ncc(-c2ccc(F)cc2)cn1. The van der Waals surface area contributed by atoms with E-state index in [4.69, 9.17) is 5.73 Å². The molecule has 0 atom stereocenters. The van der Waals surface area contributed by atoms with Gasteiger partial charge in [-0.3, -0.25) is 0 Å². The van der Waals surface area contributed by atoms with Crippen LogP contribution in [0.3, 0.4) is 0 Å². The van der Waals surface area contributed by atoms with Crippen LogP contribution in [0.4, 0.5) is 10.3 Å². The molecule has 0 spiro atoms. The van der Waals surface area contributed by atoms with E-state index in [1.165, 1.54) is 12.1 Å². The zero-order valence-corrected chi connectivity index (χ0v) is 7.31. The van der Waals surface area contributed by atoms with Crippen LogP contribution < -0.4 is 5.73 Å². The Morgan fingerprint density at radius 1 is 0.929 bits per heavy atom. The molecule has 0 bridgehead atoms. The highest BCUT2D eigenvalue weighted by molar-refractivity contribution is 5.61. The number of benzene rings is 1. The summed E-state index contributed by atoms with van der Waals surface area (Å²) in [4.78, 5) is 7.70. The molecular weight excluding hydrogens is 181 g/mol. The monoisotopic (exact) mass is 189 g/mol. The van der Waals surface area contributed by atoms with Crippen molar-refractivity contribution >= 4 is 5.95 Å². The standard InChI is InChI=1S/C10H8FN3/c11-9-3-1-7(2-4-9)8-5-13-10(12)14-6-8/h1-6H,(H2,12,13,14). The fourth-order valence-corrected chi connectivity index (χ4v) is 1.13. The zero-order valence-electron chi connectivity index (χ0n) is 7.31. The van der Waals surface area contributed by atoms with Crippen molar-refractivity contribution in [1.29, 1.82) is 0 Å². The van der Waals surface area contributed by atoms with Crippen molar-refractivity contribution in [3.8, 4) is 11.1 Å². The van der Waals surface area contributed by atoms with E-state index in [1.54, 1.807) is 24.5 Å². The van der Waals surface area contributed by atoms with Crippen LogP contribution in [-0.2, 0) is 0 Å². The molecule has 0 amide bonds. The Hall–Kier alpha value is -1.97. The van der Waals surface area contributed by atoms with Crippen molar-refractivity contribution in [3.63, 3.8) is 0 Å². The molecule has 0 saturated carbocycles. The highest BCUT2D eigenvalue weighted by atomic mass is 19.1. The van der Waals surface area contributed by atoms with Gasteiger partial charge in [0.2, 0.25) is 5.95 Å². The molecule has 14 heavy (non-hydrogen) atoms. The Kier molecular flexibility index (Phi) is 2.10. The van der Waals surface area contributed by atoms with E-state index in [2.05, 4.69) is 9.97 Å². The minimum absolute atomic E-state index is 0.232. The first kappa shape index (κ1) is 8.62. The molecule has 1 aromatic carbocycles. The Bertz CT molecular complexity index is 379. The molecule has 2 rings (SSSR count). The summed E-state index contributed by atoms with van der Waals surface area (Å²) in [6.07, 6.45) is 3.21. The lowest BCUT2D eigenvalue weighted by atomic mass is 10.1. The summed E-state index contributed by atoms with van der Waals surface area (Å²) >= 11 is 0. The number of halogens is 1. The third-order valence-corrected chi connectivity index (χ3v) is 1.85. The van der Waals surface area contributed by atoms with Gasteiger partial charge in [0.05, 0.1) is 0 Å². The molecule has 2 aromatic rings. The molecule has 0 aliphatic heterocycles. The first-order chi connectivity index (χ1) is 6.75. The summed E-state index contributed by atoms with van der Waals surface area (Å²) in [5.74, 6) is -0.0269. The lowest BCUT2D eigenvalue weighted by molar-refractivity contribution is 0.628. The van der Waals surface area contributed by atoms with Crippen LogP contribution in [0.2, 0.25) is 0 Å². The molecular formula is C10H8FN3. The summed E-state index contributed by atoms with van der Waals surface area (Å²) in [5.41, 5.74) is 7.03. The number of hydrogen-bond donors (Lipinski definition) is 1. The lowest BCUT2D eigenvalue weighted by Crippen LogP contribution is -1.93. The largest absolute Gasteiger partial charge is 0.368 e. The van der Waals surface area contributed by atoms with Crippen molar-refractivity contribution in [2.24, 2.45) is 0 Å². The number of anilines is 1. The predicted molar refractivity (Wildman–Crippen MR) is 51.8 cm³/mol. The highest BCUT2D eigenvalue weighted by Crippen LogP contribution is 2.17. The number of aromatic nitrogens is 2. The maximum absolute atomic E-state index is 12.6. The van der Waals surface area contributed by atoms with Gasteiger partial charge < -0.3 is 5.73 Å². The van der Waals surface area contributed by atoms with Gasteiger partial charge in [0.1, 0.15) is 5.82 Å². The van der Waals surface area contributed by atoms with E-state index in [9.17, 15) is 4.39 Å². The third-order valence-electron chi connectivity index (χ3n) is 1.85. The minimum atomic E-state index is -0.259. The Labute approximate surface area is 80.4 Å². The maximum atomic E-state index is 12.6. The molecule has 4 heteroatoms. The molecule has 0 aliphatic rings. The van der Waals surface area contributed by atoms with Crippen LogP contribution in [0, 0.1) is 5.82 Å². The first-order valence-electron chi connectivity index (χ1n) is 4.09. The number of nitrogens with two attached hydrogens (primary N) is 1. The molecule has 1 aromatic heterocycles. The van der Waals surface area contributed by atoms with Crippen LogP contribution in [0.5, 0.6) is 0 Å². The summed E-state index contributed by atoms with van der Waals surface area (Å²) < 4.78 is 12.6. The zero-order chi connectivity index (χ0) is 9.97. The van der Waals surface area contributed by atoms with E-state index >= 15 is 0 Å². The topological polar surface area (TPSA) is 51.8 Å².